The van der Waals surface area contributed by atoms with Gasteiger partial charge >= 0.3 is 0 Å². The first-order valence-corrected chi connectivity index (χ1v) is 7.55. The molecule has 1 aromatic rings. The maximum atomic E-state index is 12.1. The topological polar surface area (TPSA) is 112 Å². The number of hydrogen-bond acceptors (Lipinski definition) is 5. The Labute approximate surface area is 118 Å². The molecule has 20 heavy (non-hydrogen) atoms. The number of nitrogens with one attached hydrogen (secondary N) is 2. The van der Waals surface area contributed by atoms with Crippen LogP contribution in [0.1, 0.15) is 26.0 Å². The number of nitrogens with zero attached hydrogens (tertiary/aromatic N) is 2. The molecule has 0 saturated heterocycles. The molecule has 0 saturated carbocycles. The summed E-state index contributed by atoms with van der Waals surface area (Å²) < 4.78 is 26.5. The highest BCUT2D eigenvalue weighted by atomic mass is 32.2. The van der Waals surface area contributed by atoms with Crippen LogP contribution in [0, 0.1) is 11.3 Å². The van der Waals surface area contributed by atoms with Crippen molar-refractivity contribution in [2.75, 3.05) is 6.54 Å². The van der Waals surface area contributed by atoms with Gasteiger partial charge in [-0.1, -0.05) is 6.92 Å². The standard InChI is InChI=1S/C12H16N4O3S/c1-3-6-15-12(17)9(2)16-20(18,19)11-5-4-7-14-10(11)8-13/h4-5,7,9,16H,3,6H2,1-2H3,(H,15,17). The van der Waals surface area contributed by atoms with Crippen LogP contribution in [0.3, 0.4) is 0 Å². The van der Waals surface area contributed by atoms with E-state index in [1.54, 1.807) is 6.07 Å². The molecule has 0 spiro atoms. The van der Waals surface area contributed by atoms with Gasteiger partial charge in [-0.25, -0.2) is 13.4 Å². The number of nitriles is 1. The van der Waals surface area contributed by atoms with Gasteiger partial charge in [-0.05, 0) is 25.5 Å². The molecular weight excluding hydrogens is 280 g/mol. The second-order valence-electron chi connectivity index (χ2n) is 4.10. The summed E-state index contributed by atoms with van der Waals surface area (Å²) in [6, 6.07) is 3.46. The van der Waals surface area contributed by atoms with Gasteiger partial charge in [-0.15, -0.1) is 0 Å². The van der Waals surface area contributed by atoms with E-state index in [9.17, 15) is 13.2 Å². The minimum Gasteiger partial charge on any atom is -0.355 e. The van der Waals surface area contributed by atoms with Crippen LogP contribution in [-0.2, 0) is 14.8 Å². The molecule has 0 aromatic carbocycles. The lowest BCUT2D eigenvalue weighted by atomic mass is 10.3. The molecule has 8 heteroatoms. The quantitative estimate of drug-likeness (QED) is 0.776. The highest BCUT2D eigenvalue weighted by molar-refractivity contribution is 7.89. The largest absolute Gasteiger partial charge is 0.355 e. The van der Waals surface area contributed by atoms with Crippen molar-refractivity contribution in [3.8, 4) is 6.07 Å². The summed E-state index contributed by atoms with van der Waals surface area (Å²) >= 11 is 0. The molecule has 1 atom stereocenters. The monoisotopic (exact) mass is 296 g/mol. The minimum atomic E-state index is -3.97. The molecule has 0 fully saturated rings. The molecule has 1 heterocycles. The Balaban J connectivity index is 2.90. The Morgan fingerprint density at radius 2 is 2.25 bits per heavy atom. The molecule has 0 aliphatic heterocycles. The first-order chi connectivity index (χ1) is 9.42. The number of amides is 1. The van der Waals surface area contributed by atoms with E-state index in [4.69, 9.17) is 5.26 Å². The van der Waals surface area contributed by atoms with Gasteiger partial charge in [-0.3, -0.25) is 4.79 Å². The molecule has 2 N–H and O–H groups in total. The number of rotatable bonds is 6. The Morgan fingerprint density at radius 1 is 1.55 bits per heavy atom. The highest BCUT2D eigenvalue weighted by Gasteiger charge is 2.24. The van der Waals surface area contributed by atoms with E-state index in [2.05, 4.69) is 15.0 Å². The Bertz CT molecular complexity index is 622. The van der Waals surface area contributed by atoms with Crippen LogP contribution < -0.4 is 10.0 Å². The van der Waals surface area contributed by atoms with Gasteiger partial charge in [0.05, 0.1) is 6.04 Å². The van der Waals surface area contributed by atoms with Crippen molar-refractivity contribution in [3.05, 3.63) is 24.0 Å². The first-order valence-electron chi connectivity index (χ1n) is 6.07. The molecule has 7 nitrogen and oxygen atoms in total. The predicted molar refractivity (Wildman–Crippen MR) is 72.0 cm³/mol. The van der Waals surface area contributed by atoms with Gasteiger partial charge in [-0.2, -0.15) is 9.98 Å². The van der Waals surface area contributed by atoms with Gasteiger partial charge in [0, 0.05) is 12.7 Å². The van der Waals surface area contributed by atoms with Crippen LogP contribution in [0.15, 0.2) is 23.2 Å². The van der Waals surface area contributed by atoms with Gasteiger partial charge in [0.15, 0.2) is 5.69 Å². The lowest BCUT2D eigenvalue weighted by molar-refractivity contribution is -0.122. The van der Waals surface area contributed by atoms with E-state index < -0.39 is 22.0 Å². The zero-order valence-electron chi connectivity index (χ0n) is 11.3. The molecule has 0 bridgehead atoms. The highest BCUT2D eigenvalue weighted by Crippen LogP contribution is 2.12. The van der Waals surface area contributed by atoms with Crippen LogP contribution in [0.5, 0.6) is 0 Å². The number of hydrogen-bond donors (Lipinski definition) is 2. The lowest BCUT2D eigenvalue weighted by Gasteiger charge is -2.14. The zero-order valence-corrected chi connectivity index (χ0v) is 12.1. The third-order valence-electron chi connectivity index (χ3n) is 2.44. The predicted octanol–water partition coefficient (Wildman–Crippen LogP) is 0.146. The third-order valence-corrected chi connectivity index (χ3v) is 4.01. The van der Waals surface area contributed by atoms with Gasteiger partial charge < -0.3 is 5.32 Å². The molecule has 1 amide bonds. The average Bonchev–Trinajstić information content (AvgIpc) is 2.44. The summed E-state index contributed by atoms with van der Waals surface area (Å²) in [4.78, 5) is 15.1. The molecule has 0 aliphatic carbocycles. The first kappa shape index (κ1) is 16.1. The van der Waals surface area contributed by atoms with E-state index in [1.165, 1.54) is 25.3 Å². The van der Waals surface area contributed by atoms with E-state index in [0.29, 0.717) is 6.54 Å². The van der Waals surface area contributed by atoms with E-state index in [-0.39, 0.29) is 10.6 Å². The lowest BCUT2D eigenvalue weighted by Crippen LogP contribution is -2.45. The molecule has 1 rings (SSSR count). The van der Waals surface area contributed by atoms with Crippen LogP contribution in [0.4, 0.5) is 0 Å². The molecule has 108 valence electrons. The van der Waals surface area contributed by atoms with E-state index in [1.807, 2.05) is 6.92 Å². The fourth-order valence-electron chi connectivity index (χ4n) is 1.44. The summed E-state index contributed by atoms with van der Waals surface area (Å²) in [5, 5.41) is 11.4. The minimum absolute atomic E-state index is 0.207. The van der Waals surface area contributed by atoms with Crippen molar-refractivity contribution >= 4 is 15.9 Å². The van der Waals surface area contributed by atoms with Gasteiger partial charge in [0.2, 0.25) is 15.9 Å². The van der Waals surface area contributed by atoms with Crippen molar-refractivity contribution in [1.82, 2.24) is 15.0 Å². The average molecular weight is 296 g/mol. The molecule has 1 aromatic heterocycles. The normalized spacial score (nSPS) is 12.4. The van der Waals surface area contributed by atoms with Crippen LogP contribution in [0.2, 0.25) is 0 Å². The summed E-state index contributed by atoms with van der Waals surface area (Å²) in [6.45, 7) is 3.80. The number of sulfonamides is 1. The summed E-state index contributed by atoms with van der Waals surface area (Å²) in [5.41, 5.74) is -0.207. The molecule has 1 unspecified atom stereocenters. The number of pyridine rings is 1. The Kier molecular flexibility index (Phi) is 5.61. The van der Waals surface area contributed by atoms with Crippen molar-refractivity contribution in [2.24, 2.45) is 0 Å². The van der Waals surface area contributed by atoms with Crippen LogP contribution in [-0.4, -0.2) is 31.9 Å². The molecule has 0 radical (unpaired) electrons. The maximum Gasteiger partial charge on any atom is 0.244 e. The second kappa shape index (κ2) is 6.98. The van der Waals surface area contributed by atoms with Crippen LogP contribution >= 0.6 is 0 Å². The molecular formula is C12H16N4O3S. The fraction of sp³-hybridized carbons (Fsp3) is 0.417. The van der Waals surface area contributed by atoms with Crippen molar-refractivity contribution in [1.29, 1.82) is 5.26 Å². The smallest absolute Gasteiger partial charge is 0.244 e. The summed E-state index contributed by atoms with van der Waals surface area (Å²) in [6.07, 6.45) is 2.08. The van der Waals surface area contributed by atoms with E-state index >= 15 is 0 Å². The number of aromatic nitrogens is 1. The second-order valence-corrected chi connectivity index (χ2v) is 5.78. The van der Waals surface area contributed by atoms with Crippen LogP contribution in [0.25, 0.3) is 0 Å². The summed E-state index contributed by atoms with van der Waals surface area (Å²) in [7, 11) is -3.97. The molecule has 0 aliphatic rings. The van der Waals surface area contributed by atoms with Crippen molar-refractivity contribution in [3.63, 3.8) is 0 Å². The van der Waals surface area contributed by atoms with Gasteiger partial charge in [0.25, 0.3) is 0 Å². The zero-order chi connectivity index (χ0) is 15.2. The number of carbonyl (C=O) groups is 1. The maximum absolute atomic E-state index is 12.1. The fourth-order valence-corrected chi connectivity index (χ4v) is 2.75. The van der Waals surface area contributed by atoms with Crippen molar-refractivity contribution < 1.29 is 13.2 Å². The van der Waals surface area contributed by atoms with Gasteiger partial charge in [0.1, 0.15) is 11.0 Å². The third kappa shape index (κ3) is 4.01. The number of carbonyl (C=O) groups excluding carboxylic acids is 1. The van der Waals surface area contributed by atoms with E-state index in [0.717, 1.165) is 6.42 Å². The SMILES string of the molecule is CCCNC(=O)C(C)NS(=O)(=O)c1cccnc1C#N. The Morgan fingerprint density at radius 3 is 2.85 bits per heavy atom. The summed E-state index contributed by atoms with van der Waals surface area (Å²) in [5.74, 6) is -0.419. The Hall–Kier alpha value is -1.98. The van der Waals surface area contributed by atoms with Crippen molar-refractivity contribution in [2.45, 2.75) is 31.2 Å².